The number of alkyl halides is 3. The van der Waals surface area contributed by atoms with E-state index >= 15 is 0 Å². The van der Waals surface area contributed by atoms with Gasteiger partial charge in [-0.25, -0.2) is 0 Å². The zero-order valence-corrected chi connectivity index (χ0v) is 19.0. The smallest absolute Gasteiger partial charge is 0.416 e. The summed E-state index contributed by atoms with van der Waals surface area (Å²) in [5.41, 5.74) is 0.751. The number of carbonyl (C=O) groups is 2. The number of thioether (sulfide) groups is 1. The Morgan fingerprint density at radius 2 is 1.77 bits per heavy atom. The third kappa shape index (κ3) is 4.90. The van der Waals surface area contributed by atoms with Gasteiger partial charge in [0.05, 0.1) is 16.5 Å². The van der Waals surface area contributed by atoms with Gasteiger partial charge < -0.3 is 15.1 Å². The van der Waals surface area contributed by atoms with Gasteiger partial charge in [-0.3, -0.25) is 9.59 Å². The topological polar surface area (TPSA) is 71.3 Å². The monoisotopic (exact) mass is 496 g/mol. The lowest BCUT2D eigenvalue weighted by Crippen LogP contribution is -2.36. The summed E-state index contributed by atoms with van der Waals surface area (Å²) in [5.74, 6) is -0.351. The summed E-state index contributed by atoms with van der Waals surface area (Å²) in [4.78, 5) is 26.1. The molecule has 2 amide bonds. The van der Waals surface area contributed by atoms with E-state index < -0.39 is 28.9 Å². The van der Waals surface area contributed by atoms with Crippen LogP contribution in [0, 0.1) is 0 Å². The standard InChI is InChI=1S/C26H19F3N2O3S/c27-26(28,29)17-10-11-21-18(13-17)30-25(33)22(35-21)14-23(32)31-24(15-6-2-1-3-7-15)20-12-16-8-4-5-9-19(16)34-20/h1-13,22,24H,14H2,(H,30,33)(H,31,32)/t22-,24+/m1/s1. The third-order valence-electron chi connectivity index (χ3n) is 5.66. The summed E-state index contributed by atoms with van der Waals surface area (Å²) in [7, 11) is 0. The Kier molecular flexibility index (Phi) is 6.02. The van der Waals surface area contributed by atoms with E-state index in [1.807, 2.05) is 60.7 Å². The van der Waals surface area contributed by atoms with Crippen LogP contribution in [-0.2, 0) is 15.8 Å². The van der Waals surface area contributed by atoms with E-state index in [2.05, 4.69) is 10.6 Å². The second-order valence-electron chi connectivity index (χ2n) is 8.11. The highest BCUT2D eigenvalue weighted by molar-refractivity contribution is 8.01. The maximum absolute atomic E-state index is 13.0. The van der Waals surface area contributed by atoms with Gasteiger partial charge in [-0.1, -0.05) is 48.5 Å². The van der Waals surface area contributed by atoms with Crippen molar-refractivity contribution >= 4 is 40.2 Å². The molecule has 0 unspecified atom stereocenters. The van der Waals surface area contributed by atoms with Crippen molar-refractivity contribution in [2.75, 3.05) is 5.32 Å². The van der Waals surface area contributed by atoms with E-state index in [-0.39, 0.29) is 18.0 Å². The van der Waals surface area contributed by atoms with Gasteiger partial charge in [0.2, 0.25) is 11.8 Å². The number of carbonyl (C=O) groups excluding carboxylic acids is 2. The SMILES string of the molecule is O=C(C[C@H]1Sc2ccc(C(F)(F)F)cc2NC1=O)N[C@@H](c1ccccc1)c1cc2ccccc2o1. The number of para-hydroxylation sites is 1. The number of nitrogens with one attached hydrogen (secondary N) is 2. The molecule has 0 saturated heterocycles. The molecule has 0 fully saturated rings. The molecule has 2 atom stereocenters. The molecular weight excluding hydrogens is 477 g/mol. The number of anilines is 1. The number of halogens is 3. The molecule has 3 aromatic carbocycles. The average Bonchev–Trinajstić information content (AvgIpc) is 3.26. The number of rotatable bonds is 5. The zero-order chi connectivity index (χ0) is 24.6. The van der Waals surface area contributed by atoms with Gasteiger partial charge in [-0.2, -0.15) is 13.2 Å². The number of hydrogen-bond donors (Lipinski definition) is 2. The molecule has 5 rings (SSSR count). The average molecular weight is 497 g/mol. The summed E-state index contributed by atoms with van der Waals surface area (Å²) in [6, 6.07) is 21.3. The number of hydrogen-bond acceptors (Lipinski definition) is 4. The van der Waals surface area contributed by atoms with E-state index in [1.165, 1.54) is 6.07 Å². The van der Waals surface area contributed by atoms with Gasteiger partial charge in [0.1, 0.15) is 17.4 Å². The molecule has 0 bridgehead atoms. The Hall–Kier alpha value is -3.72. The molecule has 0 radical (unpaired) electrons. The molecule has 178 valence electrons. The van der Waals surface area contributed by atoms with Crippen LogP contribution in [0.1, 0.15) is 29.3 Å². The van der Waals surface area contributed by atoms with E-state index in [0.717, 1.165) is 34.8 Å². The quantitative estimate of drug-likeness (QED) is 0.347. The van der Waals surface area contributed by atoms with Crippen molar-refractivity contribution in [3.8, 4) is 0 Å². The first-order valence-corrected chi connectivity index (χ1v) is 11.7. The lowest BCUT2D eigenvalue weighted by atomic mass is 10.0. The maximum atomic E-state index is 13.0. The second kappa shape index (κ2) is 9.14. The minimum absolute atomic E-state index is 0.0934. The van der Waals surface area contributed by atoms with Crippen molar-refractivity contribution in [2.24, 2.45) is 0 Å². The van der Waals surface area contributed by atoms with Crippen LogP contribution < -0.4 is 10.6 Å². The lowest BCUT2D eigenvalue weighted by Gasteiger charge is -2.25. The first-order chi connectivity index (χ1) is 16.8. The summed E-state index contributed by atoms with van der Waals surface area (Å²) in [6.45, 7) is 0. The molecule has 0 saturated carbocycles. The molecule has 2 N–H and O–H groups in total. The van der Waals surface area contributed by atoms with Crippen molar-refractivity contribution in [1.29, 1.82) is 0 Å². The molecule has 1 aliphatic rings. The minimum Gasteiger partial charge on any atom is -0.459 e. The largest absolute Gasteiger partial charge is 0.459 e. The highest BCUT2D eigenvalue weighted by Crippen LogP contribution is 2.40. The normalized spacial score (nSPS) is 16.4. The summed E-state index contributed by atoms with van der Waals surface area (Å²) in [6.07, 6.45) is -4.66. The fourth-order valence-corrected chi connectivity index (χ4v) is 5.05. The Balaban J connectivity index is 1.35. The van der Waals surface area contributed by atoms with Crippen molar-refractivity contribution in [3.05, 3.63) is 95.7 Å². The van der Waals surface area contributed by atoms with Gasteiger partial charge in [0.15, 0.2) is 0 Å². The first-order valence-electron chi connectivity index (χ1n) is 10.8. The summed E-state index contributed by atoms with van der Waals surface area (Å²) in [5, 5.41) is 5.57. The predicted molar refractivity (Wildman–Crippen MR) is 127 cm³/mol. The highest BCUT2D eigenvalue weighted by Gasteiger charge is 2.34. The van der Waals surface area contributed by atoms with E-state index in [0.29, 0.717) is 16.2 Å². The Morgan fingerprint density at radius 1 is 1.03 bits per heavy atom. The van der Waals surface area contributed by atoms with Crippen LogP contribution in [0.2, 0.25) is 0 Å². The van der Waals surface area contributed by atoms with Gasteiger partial charge in [-0.05, 0) is 35.9 Å². The van der Waals surface area contributed by atoms with Crippen molar-refractivity contribution in [3.63, 3.8) is 0 Å². The highest BCUT2D eigenvalue weighted by atomic mass is 32.2. The molecular formula is C26H19F3N2O3S. The van der Waals surface area contributed by atoms with Crippen molar-refractivity contribution in [1.82, 2.24) is 5.32 Å². The molecule has 1 aliphatic heterocycles. The second-order valence-corrected chi connectivity index (χ2v) is 9.35. The first kappa shape index (κ1) is 23.0. The van der Waals surface area contributed by atoms with Crippen molar-refractivity contribution < 1.29 is 27.2 Å². The van der Waals surface area contributed by atoms with Gasteiger partial charge in [0.25, 0.3) is 0 Å². The molecule has 4 aromatic rings. The molecule has 0 aliphatic carbocycles. The van der Waals surface area contributed by atoms with Crippen LogP contribution in [0.3, 0.4) is 0 Å². The van der Waals surface area contributed by atoms with Gasteiger partial charge in [-0.15, -0.1) is 11.8 Å². The number of furan rings is 1. The van der Waals surface area contributed by atoms with E-state index in [4.69, 9.17) is 4.42 Å². The minimum atomic E-state index is -4.51. The van der Waals surface area contributed by atoms with Crippen LogP contribution in [0.15, 0.2) is 88.2 Å². The van der Waals surface area contributed by atoms with Gasteiger partial charge in [0, 0.05) is 16.7 Å². The Labute approximate surface area is 202 Å². The number of benzene rings is 3. The van der Waals surface area contributed by atoms with Crippen LogP contribution in [0.4, 0.5) is 18.9 Å². The number of fused-ring (bicyclic) bond motifs is 2. The van der Waals surface area contributed by atoms with Crippen LogP contribution in [0.5, 0.6) is 0 Å². The summed E-state index contributed by atoms with van der Waals surface area (Å²) >= 11 is 1.07. The maximum Gasteiger partial charge on any atom is 0.416 e. The Bertz CT molecular complexity index is 1370. The molecule has 35 heavy (non-hydrogen) atoms. The predicted octanol–water partition coefficient (Wildman–Crippen LogP) is 6.16. The summed E-state index contributed by atoms with van der Waals surface area (Å²) < 4.78 is 45.0. The Morgan fingerprint density at radius 3 is 2.51 bits per heavy atom. The van der Waals surface area contributed by atoms with Crippen LogP contribution in [-0.4, -0.2) is 17.1 Å². The van der Waals surface area contributed by atoms with E-state index in [1.54, 1.807) is 0 Å². The van der Waals surface area contributed by atoms with Crippen LogP contribution >= 0.6 is 11.8 Å². The molecule has 5 nitrogen and oxygen atoms in total. The molecule has 9 heteroatoms. The zero-order valence-electron chi connectivity index (χ0n) is 18.1. The lowest BCUT2D eigenvalue weighted by molar-refractivity contribution is -0.137. The third-order valence-corrected chi connectivity index (χ3v) is 6.94. The van der Waals surface area contributed by atoms with Gasteiger partial charge >= 0.3 is 6.18 Å². The van der Waals surface area contributed by atoms with E-state index in [9.17, 15) is 22.8 Å². The van der Waals surface area contributed by atoms with Crippen LogP contribution in [0.25, 0.3) is 11.0 Å². The fourth-order valence-electron chi connectivity index (χ4n) is 3.96. The number of amides is 2. The molecule has 0 spiro atoms. The molecule has 2 heterocycles. The molecule has 1 aromatic heterocycles. The van der Waals surface area contributed by atoms with Crippen molar-refractivity contribution in [2.45, 2.75) is 28.8 Å². The fraction of sp³-hybridized carbons (Fsp3) is 0.154.